The quantitative estimate of drug-likeness (QED) is 0.573. The molecule has 0 aliphatic rings. The Labute approximate surface area is 169 Å². The van der Waals surface area contributed by atoms with Gasteiger partial charge in [0.1, 0.15) is 5.69 Å². The lowest BCUT2D eigenvalue weighted by atomic mass is 10.2. The Balaban J connectivity index is 1.68. The first kappa shape index (κ1) is 19.5. The number of aryl methyl sites for hydroxylation is 1. The molecule has 1 heterocycles. The van der Waals surface area contributed by atoms with E-state index in [4.69, 9.17) is 0 Å². The van der Waals surface area contributed by atoms with Gasteiger partial charge in [0.25, 0.3) is 5.91 Å². The Morgan fingerprint density at radius 3 is 2.41 bits per heavy atom. The highest BCUT2D eigenvalue weighted by atomic mass is 79.9. The van der Waals surface area contributed by atoms with E-state index in [1.165, 1.54) is 23.5 Å². The lowest BCUT2D eigenvalue weighted by molar-refractivity contribution is 0.102. The van der Waals surface area contributed by atoms with Gasteiger partial charge in [-0.1, -0.05) is 15.9 Å². The molecule has 0 saturated heterocycles. The highest BCUT2D eigenvalue weighted by molar-refractivity contribution is 9.10. The van der Waals surface area contributed by atoms with Crippen molar-refractivity contribution in [2.75, 3.05) is 16.9 Å². The number of sulfone groups is 1. The normalized spacial score (nSPS) is 11.2. The molecule has 2 N–H and O–H groups in total. The van der Waals surface area contributed by atoms with Crippen LogP contribution in [0.1, 0.15) is 16.1 Å². The smallest absolute Gasteiger partial charge is 0.275 e. The molecular weight excluding hydrogens is 450 g/mol. The van der Waals surface area contributed by atoms with Crippen molar-refractivity contribution < 1.29 is 13.2 Å². The molecule has 0 aliphatic heterocycles. The van der Waals surface area contributed by atoms with Crippen LogP contribution in [0, 0.1) is 6.92 Å². The van der Waals surface area contributed by atoms with Crippen molar-refractivity contribution in [3.63, 3.8) is 0 Å². The number of benzene rings is 2. The summed E-state index contributed by atoms with van der Waals surface area (Å²) in [5, 5.41) is 8.08. The Hall–Kier alpha value is -2.23. The van der Waals surface area contributed by atoms with Crippen LogP contribution in [-0.2, 0) is 9.84 Å². The lowest BCUT2D eigenvalue weighted by Gasteiger charge is -2.06. The van der Waals surface area contributed by atoms with E-state index >= 15 is 0 Å². The van der Waals surface area contributed by atoms with Crippen LogP contribution in [0.25, 0.3) is 0 Å². The second kappa shape index (κ2) is 7.79. The molecule has 0 saturated carbocycles. The summed E-state index contributed by atoms with van der Waals surface area (Å²) < 4.78 is 24.0. The summed E-state index contributed by atoms with van der Waals surface area (Å²) in [7, 11) is -3.23. The molecule has 2 aromatic carbocycles. The number of anilines is 3. The summed E-state index contributed by atoms with van der Waals surface area (Å²) in [5.74, 6) is -0.298. The van der Waals surface area contributed by atoms with Gasteiger partial charge in [0.15, 0.2) is 15.0 Å². The number of carbonyl (C=O) groups excluding carboxylic acids is 1. The minimum atomic E-state index is -3.23. The number of nitrogens with zero attached hydrogens (tertiary/aromatic N) is 1. The molecule has 1 amide bonds. The van der Waals surface area contributed by atoms with Crippen LogP contribution in [0.5, 0.6) is 0 Å². The van der Waals surface area contributed by atoms with E-state index in [1.807, 2.05) is 25.1 Å². The van der Waals surface area contributed by atoms with Gasteiger partial charge in [-0.05, 0) is 55.0 Å². The average molecular weight is 466 g/mol. The van der Waals surface area contributed by atoms with Crippen LogP contribution < -0.4 is 10.6 Å². The standard InChI is InChI=1S/C18H16BrN3O3S2/c1-11-9-13(5-8-15(11)19)20-17(23)16-10-26-18(22-16)21-12-3-6-14(7-4-12)27(2,24)25/h3-10H,1-2H3,(H,20,23)(H,21,22). The maximum Gasteiger partial charge on any atom is 0.275 e. The fourth-order valence-corrected chi connectivity index (χ4v) is 3.85. The minimum Gasteiger partial charge on any atom is -0.332 e. The molecule has 6 nitrogen and oxygen atoms in total. The number of carbonyl (C=O) groups is 1. The van der Waals surface area contributed by atoms with Crippen molar-refractivity contribution >= 4 is 59.5 Å². The topological polar surface area (TPSA) is 88.2 Å². The van der Waals surface area contributed by atoms with Crippen molar-refractivity contribution in [2.24, 2.45) is 0 Å². The molecule has 0 atom stereocenters. The van der Waals surface area contributed by atoms with Crippen molar-refractivity contribution in [3.05, 3.63) is 63.6 Å². The summed E-state index contributed by atoms with van der Waals surface area (Å²) in [4.78, 5) is 16.9. The summed E-state index contributed by atoms with van der Waals surface area (Å²) in [5.41, 5.74) is 2.70. The molecule has 0 radical (unpaired) electrons. The molecule has 27 heavy (non-hydrogen) atoms. The molecule has 1 aromatic heterocycles. The number of rotatable bonds is 5. The SMILES string of the molecule is Cc1cc(NC(=O)c2csc(Nc3ccc(S(C)(=O)=O)cc3)n2)ccc1Br. The summed E-state index contributed by atoms with van der Waals surface area (Å²) >= 11 is 4.72. The number of thiazole rings is 1. The third-order valence-electron chi connectivity index (χ3n) is 3.69. The number of halogens is 1. The highest BCUT2D eigenvalue weighted by Gasteiger charge is 2.12. The molecule has 3 aromatic rings. The van der Waals surface area contributed by atoms with Gasteiger partial charge in [0.2, 0.25) is 0 Å². The van der Waals surface area contributed by atoms with Gasteiger partial charge >= 0.3 is 0 Å². The third-order valence-corrected chi connectivity index (χ3v) is 6.46. The Kier molecular flexibility index (Phi) is 5.64. The van der Waals surface area contributed by atoms with Crippen molar-refractivity contribution in [1.29, 1.82) is 0 Å². The second-order valence-corrected chi connectivity index (χ2v) is 9.61. The fraction of sp³-hybridized carbons (Fsp3) is 0.111. The number of nitrogens with one attached hydrogen (secondary N) is 2. The van der Waals surface area contributed by atoms with Crippen molar-refractivity contribution in [2.45, 2.75) is 11.8 Å². The number of hydrogen-bond acceptors (Lipinski definition) is 6. The minimum absolute atomic E-state index is 0.247. The average Bonchev–Trinajstić information content (AvgIpc) is 3.06. The first-order valence-corrected chi connectivity index (χ1v) is 11.4. The van der Waals surface area contributed by atoms with E-state index in [-0.39, 0.29) is 10.8 Å². The molecular formula is C18H16BrN3O3S2. The van der Waals surface area contributed by atoms with Gasteiger partial charge in [0.05, 0.1) is 4.90 Å². The highest BCUT2D eigenvalue weighted by Crippen LogP contribution is 2.24. The van der Waals surface area contributed by atoms with E-state index in [9.17, 15) is 13.2 Å². The third kappa shape index (κ3) is 4.94. The van der Waals surface area contributed by atoms with Crippen LogP contribution >= 0.6 is 27.3 Å². The van der Waals surface area contributed by atoms with Crippen LogP contribution in [-0.4, -0.2) is 25.6 Å². The molecule has 3 rings (SSSR count). The van der Waals surface area contributed by atoms with Gasteiger partial charge in [0, 0.05) is 27.5 Å². The molecule has 0 bridgehead atoms. The first-order valence-electron chi connectivity index (χ1n) is 7.82. The molecule has 140 valence electrons. The lowest BCUT2D eigenvalue weighted by Crippen LogP contribution is -2.12. The van der Waals surface area contributed by atoms with Crippen molar-refractivity contribution in [3.8, 4) is 0 Å². The zero-order chi connectivity index (χ0) is 19.6. The second-order valence-electron chi connectivity index (χ2n) is 5.88. The van der Waals surface area contributed by atoms with Crippen molar-refractivity contribution in [1.82, 2.24) is 4.98 Å². The van der Waals surface area contributed by atoms with Gasteiger partial charge < -0.3 is 10.6 Å². The summed E-state index contributed by atoms with van der Waals surface area (Å²) in [6.45, 7) is 1.94. The van der Waals surface area contributed by atoms with Crippen LogP contribution in [0.4, 0.5) is 16.5 Å². The predicted molar refractivity (Wildman–Crippen MR) is 112 cm³/mol. The number of hydrogen-bond donors (Lipinski definition) is 2. The maximum absolute atomic E-state index is 12.4. The van der Waals surface area contributed by atoms with Crippen LogP contribution in [0.3, 0.4) is 0 Å². The monoisotopic (exact) mass is 465 g/mol. The van der Waals surface area contributed by atoms with Gasteiger partial charge in [-0.25, -0.2) is 13.4 Å². The van der Waals surface area contributed by atoms with Gasteiger partial charge in [-0.3, -0.25) is 4.79 Å². The fourth-order valence-electron chi connectivity index (χ4n) is 2.26. The van der Waals surface area contributed by atoms with E-state index in [0.717, 1.165) is 16.3 Å². The van der Waals surface area contributed by atoms with E-state index < -0.39 is 9.84 Å². The summed E-state index contributed by atoms with van der Waals surface area (Å²) in [6.07, 6.45) is 1.16. The molecule has 0 aliphatic carbocycles. The predicted octanol–water partition coefficient (Wildman–Crippen LogP) is 4.61. The zero-order valence-electron chi connectivity index (χ0n) is 14.5. The van der Waals surface area contributed by atoms with E-state index in [2.05, 4.69) is 31.5 Å². The molecule has 0 spiro atoms. The maximum atomic E-state index is 12.4. The zero-order valence-corrected chi connectivity index (χ0v) is 17.7. The first-order chi connectivity index (χ1) is 12.7. The molecule has 0 unspecified atom stereocenters. The molecule has 9 heteroatoms. The Morgan fingerprint density at radius 1 is 1.11 bits per heavy atom. The molecule has 0 fully saturated rings. The van der Waals surface area contributed by atoms with E-state index in [1.54, 1.807) is 17.5 Å². The number of amides is 1. The largest absolute Gasteiger partial charge is 0.332 e. The summed E-state index contributed by atoms with van der Waals surface area (Å²) in [6, 6.07) is 11.9. The number of aromatic nitrogens is 1. The van der Waals surface area contributed by atoms with Crippen LogP contribution in [0.15, 0.2) is 57.2 Å². The van der Waals surface area contributed by atoms with Crippen LogP contribution in [0.2, 0.25) is 0 Å². The Morgan fingerprint density at radius 2 is 1.78 bits per heavy atom. The Bertz CT molecular complexity index is 1090. The van der Waals surface area contributed by atoms with E-state index in [0.29, 0.717) is 22.2 Å². The van der Waals surface area contributed by atoms with Gasteiger partial charge in [-0.15, -0.1) is 11.3 Å². The van der Waals surface area contributed by atoms with Gasteiger partial charge in [-0.2, -0.15) is 0 Å².